The summed E-state index contributed by atoms with van der Waals surface area (Å²) in [6, 6.07) is 14.3. The molecule has 1 N–H and O–H groups in total. The Morgan fingerprint density at radius 1 is 1.31 bits per heavy atom. The van der Waals surface area contributed by atoms with Crippen LogP contribution >= 0.6 is 27.5 Å². The molecule has 0 aliphatic heterocycles. The number of carbonyl (C=O) groups excluding carboxylic acids is 1. The minimum absolute atomic E-state index is 0.0953. The zero-order valence-electron chi connectivity index (χ0n) is 15.2. The highest BCUT2D eigenvalue weighted by Crippen LogP contribution is 2.39. The molecule has 0 atom stereocenters. The number of ether oxygens (including phenoxy) is 1. The van der Waals surface area contributed by atoms with Crippen LogP contribution in [0.15, 0.2) is 57.2 Å². The first-order valence-electron chi connectivity index (χ1n) is 8.71. The molecule has 2 aromatic carbocycles. The summed E-state index contributed by atoms with van der Waals surface area (Å²) in [6.07, 6.45) is 0.959. The molecule has 0 unspecified atom stereocenters. The molecule has 9 heteroatoms. The fourth-order valence-electron chi connectivity index (χ4n) is 2.78. The summed E-state index contributed by atoms with van der Waals surface area (Å²) in [4.78, 5) is 12.1. The Morgan fingerprint density at radius 2 is 2.10 bits per heavy atom. The highest BCUT2D eigenvalue weighted by atomic mass is 79.9. The number of carbonyl (C=O) groups is 1. The van der Waals surface area contributed by atoms with Crippen LogP contribution in [0.3, 0.4) is 0 Å². The van der Waals surface area contributed by atoms with Gasteiger partial charge in [0.15, 0.2) is 12.3 Å². The lowest BCUT2D eigenvalue weighted by atomic mass is 10.2. The van der Waals surface area contributed by atoms with Crippen molar-refractivity contribution in [3.8, 4) is 17.7 Å². The first-order chi connectivity index (χ1) is 14.0. The zero-order valence-corrected chi connectivity index (χ0v) is 17.5. The standard InChI is InChI=1S/C20H16BrClN4O3/c21-15-11-13(22)7-8-17(15)29-12-18(27)24-25-19-14-5-1-2-6-16(14)26(20(19)28)10-4-3-9-23/h1-2,5-8,11,28H,3-4,10,12H2. The molecule has 1 heterocycles. The van der Waals surface area contributed by atoms with E-state index in [1.165, 1.54) is 0 Å². The van der Waals surface area contributed by atoms with E-state index in [0.29, 0.717) is 40.0 Å². The third-order valence-electron chi connectivity index (χ3n) is 4.09. The average molecular weight is 476 g/mol. The summed E-state index contributed by atoms with van der Waals surface area (Å²) in [5, 5.41) is 28.1. The van der Waals surface area contributed by atoms with Gasteiger partial charge in [-0.1, -0.05) is 29.8 Å². The predicted octanol–water partition coefficient (Wildman–Crippen LogP) is 5.76. The molecule has 1 amide bonds. The van der Waals surface area contributed by atoms with E-state index in [2.05, 4.69) is 32.2 Å². The fraction of sp³-hybridized carbons (Fsp3) is 0.200. The Hall–Kier alpha value is -2.89. The van der Waals surface area contributed by atoms with Crippen molar-refractivity contribution in [3.63, 3.8) is 0 Å². The van der Waals surface area contributed by atoms with Crippen molar-refractivity contribution in [2.24, 2.45) is 10.2 Å². The molecule has 0 saturated heterocycles. The van der Waals surface area contributed by atoms with E-state index in [-0.39, 0.29) is 18.2 Å². The highest BCUT2D eigenvalue weighted by molar-refractivity contribution is 9.10. The second-order valence-electron chi connectivity index (χ2n) is 6.06. The molecule has 0 spiro atoms. The van der Waals surface area contributed by atoms with Gasteiger partial charge in [0.1, 0.15) is 5.75 Å². The lowest BCUT2D eigenvalue weighted by molar-refractivity contribution is -0.120. The van der Waals surface area contributed by atoms with Crippen molar-refractivity contribution >= 4 is 50.0 Å². The van der Waals surface area contributed by atoms with Gasteiger partial charge in [-0.15, -0.1) is 10.2 Å². The van der Waals surface area contributed by atoms with Crippen molar-refractivity contribution in [3.05, 3.63) is 52.0 Å². The topological polar surface area (TPSA) is 100.0 Å². The second kappa shape index (κ2) is 9.54. The number of hydrogen-bond acceptors (Lipinski definition) is 5. The lowest BCUT2D eigenvalue weighted by Crippen LogP contribution is -2.08. The van der Waals surface area contributed by atoms with Crippen LogP contribution in [0, 0.1) is 11.3 Å². The molecule has 3 aromatic rings. The largest absolute Gasteiger partial charge is 0.493 e. The molecule has 7 nitrogen and oxygen atoms in total. The number of hydrogen-bond donors (Lipinski definition) is 1. The Balaban J connectivity index is 1.76. The van der Waals surface area contributed by atoms with Gasteiger partial charge in [0.2, 0.25) is 5.88 Å². The summed E-state index contributed by atoms with van der Waals surface area (Å²) < 4.78 is 7.70. The molecule has 1 aromatic heterocycles. The number of unbranched alkanes of at least 4 members (excludes halogenated alkanes) is 1. The molecule has 3 rings (SSSR count). The van der Waals surface area contributed by atoms with Gasteiger partial charge in [0, 0.05) is 23.4 Å². The monoisotopic (exact) mass is 474 g/mol. The van der Waals surface area contributed by atoms with E-state index < -0.39 is 5.91 Å². The number of aromatic hydroxyl groups is 1. The number of rotatable bonds is 7. The summed E-state index contributed by atoms with van der Waals surface area (Å²) in [5.74, 6) is -0.246. The predicted molar refractivity (Wildman–Crippen MR) is 113 cm³/mol. The van der Waals surface area contributed by atoms with Crippen LogP contribution in [0.4, 0.5) is 5.69 Å². The van der Waals surface area contributed by atoms with Crippen molar-refractivity contribution in [2.45, 2.75) is 19.4 Å². The van der Waals surface area contributed by atoms with E-state index in [1.807, 2.05) is 18.2 Å². The first-order valence-corrected chi connectivity index (χ1v) is 9.88. The average Bonchev–Trinajstić information content (AvgIpc) is 2.97. The minimum atomic E-state index is -0.604. The van der Waals surface area contributed by atoms with Crippen molar-refractivity contribution in [1.82, 2.24) is 4.57 Å². The Bertz CT molecular complexity index is 1120. The van der Waals surface area contributed by atoms with Crippen LogP contribution in [0.25, 0.3) is 10.9 Å². The number of benzene rings is 2. The molecule has 0 aliphatic carbocycles. The van der Waals surface area contributed by atoms with Crippen LogP contribution < -0.4 is 4.74 Å². The van der Waals surface area contributed by atoms with E-state index in [0.717, 1.165) is 5.52 Å². The van der Waals surface area contributed by atoms with Gasteiger partial charge in [0.05, 0.1) is 16.1 Å². The van der Waals surface area contributed by atoms with Gasteiger partial charge < -0.3 is 14.4 Å². The van der Waals surface area contributed by atoms with Crippen molar-refractivity contribution in [2.75, 3.05) is 6.61 Å². The number of nitrogens with zero attached hydrogens (tertiary/aromatic N) is 4. The molecule has 0 aliphatic rings. The fourth-order valence-corrected chi connectivity index (χ4v) is 3.58. The Kier molecular flexibility index (Phi) is 6.86. The SMILES string of the molecule is N#CCCCn1c(O)c(N=NC(=O)COc2ccc(Cl)cc2Br)c2ccccc21. The molecule has 0 radical (unpaired) electrons. The van der Waals surface area contributed by atoms with Crippen LogP contribution in [0.5, 0.6) is 11.6 Å². The van der Waals surface area contributed by atoms with Gasteiger partial charge in [-0.2, -0.15) is 5.26 Å². The number of nitriles is 1. The Labute approximate surface area is 180 Å². The van der Waals surface area contributed by atoms with Gasteiger partial charge in [-0.3, -0.25) is 4.79 Å². The summed E-state index contributed by atoms with van der Waals surface area (Å²) in [6.45, 7) is 0.141. The number of para-hydroxylation sites is 1. The number of fused-ring (bicyclic) bond motifs is 1. The van der Waals surface area contributed by atoms with Crippen LogP contribution in [0.2, 0.25) is 5.02 Å². The van der Waals surface area contributed by atoms with E-state index in [1.54, 1.807) is 28.8 Å². The quantitative estimate of drug-likeness (QED) is 0.347. The van der Waals surface area contributed by atoms with Gasteiger partial charge in [-0.05, 0) is 46.6 Å². The number of aryl methyl sites for hydroxylation is 1. The molecular formula is C20H16BrClN4O3. The summed E-state index contributed by atoms with van der Waals surface area (Å²) in [5.41, 5.74) is 0.962. The summed E-state index contributed by atoms with van der Waals surface area (Å²) >= 11 is 9.18. The van der Waals surface area contributed by atoms with E-state index in [4.69, 9.17) is 21.6 Å². The third-order valence-corrected chi connectivity index (χ3v) is 4.95. The van der Waals surface area contributed by atoms with Gasteiger partial charge >= 0.3 is 5.91 Å². The maximum absolute atomic E-state index is 12.1. The Morgan fingerprint density at radius 3 is 2.86 bits per heavy atom. The van der Waals surface area contributed by atoms with Gasteiger partial charge in [-0.25, -0.2) is 0 Å². The molecular weight excluding hydrogens is 460 g/mol. The lowest BCUT2D eigenvalue weighted by Gasteiger charge is -2.05. The second-order valence-corrected chi connectivity index (χ2v) is 7.35. The number of aromatic nitrogens is 1. The maximum atomic E-state index is 12.1. The maximum Gasteiger partial charge on any atom is 0.302 e. The van der Waals surface area contributed by atoms with Crippen LogP contribution in [-0.4, -0.2) is 22.2 Å². The number of amides is 1. The molecule has 0 bridgehead atoms. The van der Waals surface area contributed by atoms with Crippen molar-refractivity contribution in [1.29, 1.82) is 5.26 Å². The van der Waals surface area contributed by atoms with E-state index in [9.17, 15) is 9.90 Å². The molecule has 0 saturated carbocycles. The number of halogens is 2. The van der Waals surface area contributed by atoms with Gasteiger partial charge in [0.25, 0.3) is 0 Å². The molecule has 148 valence electrons. The van der Waals surface area contributed by atoms with Crippen LogP contribution in [-0.2, 0) is 11.3 Å². The third kappa shape index (κ3) is 4.94. The molecule has 0 fully saturated rings. The molecule has 29 heavy (non-hydrogen) atoms. The van der Waals surface area contributed by atoms with Crippen molar-refractivity contribution < 1.29 is 14.6 Å². The zero-order chi connectivity index (χ0) is 20.8. The smallest absolute Gasteiger partial charge is 0.302 e. The highest BCUT2D eigenvalue weighted by Gasteiger charge is 2.16. The van der Waals surface area contributed by atoms with E-state index >= 15 is 0 Å². The normalized spacial score (nSPS) is 11.1. The van der Waals surface area contributed by atoms with Crippen LogP contribution in [0.1, 0.15) is 12.8 Å². The minimum Gasteiger partial charge on any atom is -0.493 e. The first kappa shape index (κ1) is 20.8. The number of azo groups is 1. The summed E-state index contributed by atoms with van der Waals surface area (Å²) in [7, 11) is 0.